The third kappa shape index (κ3) is 20.1. The number of hydrogen-bond acceptors (Lipinski definition) is 5. The molecule has 5 nitrogen and oxygen atoms in total. The third-order valence-electron chi connectivity index (χ3n) is 5.03. The lowest BCUT2D eigenvalue weighted by molar-refractivity contribution is -0.155. The minimum atomic E-state index is -0.629. The average molecular weight is 403 g/mol. The first-order chi connectivity index (χ1) is 13.7. The zero-order valence-corrected chi connectivity index (χ0v) is 18.3. The van der Waals surface area contributed by atoms with E-state index in [-0.39, 0.29) is 32.4 Å². The summed E-state index contributed by atoms with van der Waals surface area (Å²) in [6, 6.07) is 0. The van der Waals surface area contributed by atoms with E-state index < -0.39 is 6.10 Å². The lowest BCUT2D eigenvalue weighted by Gasteiger charge is -2.15. The summed E-state index contributed by atoms with van der Waals surface area (Å²) < 4.78 is 10.3. The molecule has 0 aromatic rings. The van der Waals surface area contributed by atoms with E-state index in [0.717, 1.165) is 12.8 Å². The number of esters is 1. The molecule has 0 saturated carbocycles. The van der Waals surface area contributed by atoms with Crippen molar-refractivity contribution in [2.75, 3.05) is 26.4 Å². The van der Waals surface area contributed by atoms with Crippen LogP contribution >= 0.6 is 0 Å². The van der Waals surface area contributed by atoms with Gasteiger partial charge in [-0.05, 0) is 6.42 Å². The molecule has 0 spiro atoms. The van der Waals surface area contributed by atoms with E-state index in [1.54, 1.807) is 0 Å². The number of carbonyl (C=O) groups is 1. The molecule has 28 heavy (non-hydrogen) atoms. The molecule has 0 radical (unpaired) electrons. The number of ether oxygens (including phenoxy) is 2. The SMILES string of the molecule is CCCCCCCCCCCCCCCCCC(=O)OC(CO)COCCO. The summed E-state index contributed by atoms with van der Waals surface area (Å²) in [5.41, 5.74) is 0. The fourth-order valence-corrected chi connectivity index (χ4v) is 3.29. The molecule has 1 unspecified atom stereocenters. The fraction of sp³-hybridized carbons (Fsp3) is 0.957. The Labute approximate surface area is 173 Å². The molecule has 0 aliphatic heterocycles. The maximum atomic E-state index is 11.7. The second-order valence-electron chi connectivity index (χ2n) is 7.79. The highest BCUT2D eigenvalue weighted by Crippen LogP contribution is 2.14. The Hall–Kier alpha value is -0.650. The van der Waals surface area contributed by atoms with Crippen molar-refractivity contribution in [2.24, 2.45) is 0 Å². The van der Waals surface area contributed by atoms with Crippen LogP contribution < -0.4 is 0 Å². The van der Waals surface area contributed by atoms with Gasteiger partial charge in [-0.3, -0.25) is 4.79 Å². The van der Waals surface area contributed by atoms with Gasteiger partial charge in [-0.25, -0.2) is 0 Å². The van der Waals surface area contributed by atoms with Crippen LogP contribution in [-0.4, -0.2) is 48.7 Å². The van der Waals surface area contributed by atoms with Gasteiger partial charge in [0.15, 0.2) is 0 Å². The van der Waals surface area contributed by atoms with Gasteiger partial charge in [0, 0.05) is 6.42 Å². The van der Waals surface area contributed by atoms with Gasteiger partial charge in [0.1, 0.15) is 6.10 Å². The second-order valence-corrected chi connectivity index (χ2v) is 7.79. The smallest absolute Gasteiger partial charge is 0.306 e. The van der Waals surface area contributed by atoms with Crippen molar-refractivity contribution < 1.29 is 24.5 Å². The van der Waals surface area contributed by atoms with E-state index in [1.165, 1.54) is 83.5 Å². The van der Waals surface area contributed by atoms with Gasteiger partial charge >= 0.3 is 5.97 Å². The molecule has 0 aliphatic carbocycles. The lowest BCUT2D eigenvalue weighted by Crippen LogP contribution is -2.27. The van der Waals surface area contributed by atoms with E-state index in [1.807, 2.05) is 0 Å². The summed E-state index contributed by atoms with van der Waals surface area (Å²) in [5, 5.41) is 17.8. The second kappa shape index (κ2) is 22.6. The molecule has 0 saturated heterocycles. The van der Waals surface area contributed by atoms with Crippen LogP contribution in [0.2, 0.25) is 0 Å². The molecule has 5 heteroatoms. The van der Waals surface area contributed by atoms with Crippen molar-refractivity contribution in [3.8, 4) is 0 Å². The highest BCUT2D eigenvalue weighted by molar-refractivity contribution is 5.69. The van der Waals surface area contributed by atoms with Gasteiger partial charge in [0.2, 0.25) is 0 Å². The highest BCUT2D eigenvalue weighted by atomic mass is 16.6. The number of aliphatic hydroxyl groups excluding tert-OH is 2. The summed E-state index contributed by atoms with van der Waals surface area (Å²) >= 11 is 0. The van der Waals surface area contributed by atoms with Crippen molar-refractivity contribution in [1.29, 1.82) is 0 Å². The van der Waals surface area contributed by atoms with Crippen molar-refractivity contribution >= 4 is 5.97 Å². The predicted molar refractivity (Wildman–Crippen MR) is 114 cm³/mol. The van der Waals surface area contributed by atoms with Gasteiger partial charge in [-0.15, -0.1) is 0 Å². The maximum Gasteiger partial charge on any atom is 0.306 e. The van der Waals surface area contributed by atoms with Crippen LogP contribution in [0.5, 0.6) is 0 Å². The number of rotatable bonds is 22. The van der Waals surface area contributed by atoms with Crippen molar-refractivity contribution in [3.63, 3.8) is 0 Å². The first-order valence-corrected chi connectivity index (χ1v) is 11.7. The number of hydrogen-bond donors (Lipinski definition) is 2. The van der Waals surface area contributed by atoms with Crippen molar-refractivity contribution in [2.45, 2.75) is 116 Å². The van der Waals surface area contributed by atoms with Crippen molar-refractivity contribution in [1.82, 2.24) is 0 Å². The first-order valence-electron chi connectivity index (χ1n) is 11.7. The Balaban J connectivity index is 3.30. The van der Waals surface area contributed by atoms with Gasteiger partial charge in [0.05, 0.1) is 26.4 Å². The Bertz CT molecular complexity index is 322. The molecule has 0 fully saturated rings. The topological polar surface area (TPSA) is 76.0 Å². The van der Waals surface area contributed by atoms with E-state index in [4.69, 9.17) is 19.7 Å². The predicted octanol–water partition coefficient (Wildman–Crippen LogP) is 5.16. The maximum absolute atomic E-state index is 11.7. The molecule has 1 atom stereocenters. The summed E-state index contributed by atoms with van der Waals surface area (Å²) in [6.07, 6.45) is 19.2. The summed E-state index contributed by atoms with van der Waals surface area (Å²) in [4.78, 5) is 11.7. The highest BCUT2D eigenvalue weighted by Gasteiger charge is 2.13. The number of aliphatic hydroxyl groups is 2. The zero-order chi connectivity index (χ0) is 20.7. The molecule has 168 valence electrons. The van der Waals surface area contributed by atoms with Crippen LogP contribution in [-0.2, 0) is 14.3 Å². The fourth-order valence-electron chi connectivity index (χ4n) is 3.29. The molecule has 0 amide bonds. The molecular weight excluding hydrogens is 356 g/mol. The molecule has 0 aliphatic rings. The largest absolute Gasteiger partial charge is 0.457 e. The summed E-state index contributed by atoms with van der Waals surface area (Å²) in [7, 11) is 0. The van der Waals surface area contributed by atoms with Gasteiger partial charge in [-0.1, -0.05) is 96.8 Å². The van der Waals surface area contributed by atoms with Crippen LogP contribution in [0.3, 0.4) is 0 Å². The minimum absolute atomic E-state index is 0.0782. The van der Waals surface area contributed by atoms with E-state index in [0.29, 0.717) is 6.42 Å². The zero-order valence-electron chi connectivity index (χ0n) is 18.3. The molecule has 0 aromatic heterocycles. The minimum Gasteiger partial charge on any atom is -0.457 e. The summed E-state index contributed by atoms with van der Waals surface area (Å²) in [5.74, 6) is -0.277. The Morgan fingerprint density at radius 3 is 1.64 bits per heavy atom. The van der Waals surface area contributed by atoms with Crippen LogP contribution in [0.15, 0.2) is 0 Å². The Kier molecular flexibility index (Phi) is 22.1. The molecule has 0 bridgehead atoms. The van der Waals surface area contributed by atoms with Crippen LogP contribution in [0.1, 0.15) is 110 Å². The lowest BCUT2D eigenvalue weighted by atomic mass is 10.0. The Morgan fingerprint density at radius 2 is 1.21 bits per heavy atom. The first kappa shape index (κ1) is 27.4. The van der Waals surface area contributed by atoms with E-state index in [9.17, 15) is 4.79 Å². The number of unbranched alkanes of at least 4 members (excludes halogenated alkanes) is 14. The van der Waals surface area contributed by atoms with Crippen LogP contribution in [0, 0.1) is 0 Å². The van der Waals surface area contributed by atoms with E-state index >= 15 is 0 Å². The van der Waals surface area contributed by atoms with Gasteiger partial charge in [-0.2, -0.15) is 0 Å². The number of carbonyl (C=O) groups excluding carboxylic acids is 1. The summed E-state index contributed by atoms with van der Waals surface area (Å²) in [6.45, 7) is 2.25. The molecule has 0 heterocycles. The molecule has 2 N–H and O–H groups in total. The Morgan fingerprint density at radius 1 is 0.750 bits per heavy atom. The normalized spacial score (nSPS) is 12.2. The van der Waals surface area contributed by atoms with Gasteiger partial charge < -0.3 is 19.7 Å². The van der Waals surface area contributed by atoms with E-state index in [2.05, 4.69) is 6.92 Å². The monoisotopic (exact) mass is 402 g/mol. The molecular formula is C23H46O5. The average Bonchev–Trinajstić information content (AvgIpc) is 2.70. The van der Waals surface area contributed by atoms with Crippen LogP contribution in [0.4, 0.5) is 0 Å². The molecule has 0 rings (SSSR count). The van der Waals surface area contributed by atoms with Gasteiger partial charge in [0.25, 0.3) is 0 Å². The quantitative estimate of drug-likeness (QED) is 0.193. The van der Waals surface area contributed by atoms with Crippen molar-refractivity contribution in [3.05, 3.63) is 0 Å². The van der Waals surface area contributed by atoms with Crippen LogP contribution in [0.25, 0.3) is 0 Å². The standard InChI is InChI=1S/C23H46O5/c1-2-3-4-5-6-7-8-9-10-11-12-13-14-15-16-17-23(26)28-22(20-25)21-27-19-18-24/h22,24-25H,2-21H2,1H3. The third-order valence-corrected chi connectivity index (χ3v) is 5.03. The molecule has 0 aromatic carbocycles.